The Hall–Kier alpha value is -2.82. The maximum Gasteiger partial charge on any atom is 0.259 e. The molecule has 0 aliphatic carbocycles. The third kappa shape index (κ3) is 2.77. The van der Waals surface area contributed by atoms with E-state index in [9.17, 15) is 9.59 Å². The third-order valence-corrected chi connectivity index (χ3v) is 3.95. The van der Waals surface area contributed by atoms with Crippen LogP contribution in [0.3, 0.4) is 0 Å². The van der Waals surface area contributed by atoms with Gasteiger partial charge in [0.25, 0.3) is 5.91 Å². The molecule has 5 nitrogen and oxygen atoms in total. The van der Waals surface area contributed by atoms with Crippen LogP contribution in [-0.4, -0.2) is 35.2 Å². The first-order chi connectivity index (χ1) is 11.0. The fourth-order valence-corrected chi connectivity index (χ4v) is 2.65. The molecule has 0 saturated carbocycles. The van der Waals surface area contributed by atoms with Crippen molar-refractivity contribution in [1.82, 2.24) is 9.80 Å². The Morgan fingerprint density at radius 3 is 2.52 bits per heavy atom. The number of hydrogen-bond acceptors (Lipinski definition) is 3. The van der Waals surface area contributed by atoms with Gasteiger partial charge in [0, 0.05) is 23.9 Å². The molecule has 0 fully saturated rings. The Bertz CT molecular complexity index is 756. The van der Waals surface area contributed by atoms with Gasteiger partial charge in [0.1, 0.15) is 18.1 Å². The lowest BCUT2D eigenvalue weighted by molar-refractivity contribution is -0.130. The average Bonchev–Trinajstić information content (AvgIpc) is 3.04. The second-order valence-electron chi connectivity index (χ2n) is 5.65. The molecule has 2 aromatic rings. The zero-order valence-corrected chi connectivity index (χ0v) is 13.2. The molecule has 5 heteroatoms. The Balaban J connectivity index is 1.69. The van der Waals surface area contributed by atoms with Gasteiger partial charge in [-0.1, -0.05) is 24.8 Å². The Kier molecular flexibility index (Phi) is 3.78. The highest BCUT2D eigenvalue weighted by atomic mass is 16.3. The molecule has 1 aromatic carbocycles. The number of fused-ring (bicyclic) bond motifs is 1. The van der Waals surface area contributed by atoms with E-state index in [1.807, 2.05) is 31.2 Å². The third-order valence-electron chi connectivity index (χ3n) is 3.95. The highest BCUT2D eigenvalue weighted by Crippen LogP contribution is 2.30. The SMILES string of the molecule is C=C1c2ccccc2C(=O)N1CC(=O)N(C)Cc1ccc(C)o1. The highest BCUT2D eigenvalue weighted by Gasteiger charge is 2.32. The van der Waals surface area contributed by atoms with E-state index in [-0.39, 0.29) is 18.4 Å². The van der Waals surface area contributed by atoms with Crippen LogP contribution in [0.5, 0.6) is 0 Å². The molecule has 0 bridgehead atoms. The Morgan fingerprint density at radius 1 is 1.22 bits per heavy atom. The fraction of sp³-hybridized carbons (Fsp3) is 0.222. The van der Waals surface area contributed by atoms with Gasteiger partial charge in [-0.3, -0.25) is 14.5 Å². The molecule has 118 valence electrons. The van der Waals surface area contributed by atoms with Crippen LogP contribution in [0.1, 0.15) is 27.4 Å². The first-order valence-corrected chi connectivity index (χ1v) is 7.37. The number of nitrogens with zero attached hydrogens (tertiary/aromatic N) is 2. The molecule has 0 saturated heterocycles. The van der Waals surface area contributed by atoms with Gasteiger partial charge in [-0.15, -0.1) is 0 Å². The van der Waals surface area contributed by atoms with E-state index in [0.717, 1.165) is 11.3 Å². The summed E-state index contributed by atoms with van der Waals surface area (Å²) in [6.07, 6.45) is 0. The normalized spacial score (nSPS) is 13.4. The van der Waals surface area contributed by atoms with E-state index in [1.165, 1.54) is 4.90 Å². The Morgan fingerprint density at radius 2 is 1.91 bits per heavy atom. The quantitative estimate of drug-likeness (QED) is 0.872. The van der Waals surface area contributed by atoms with Crippen molar-refractivity contribution in [2.75, 3.05) is 13.6 Å². The van der Waals surface area contributed by atoms with Crippen LogP contribution in [0, 0.1) is 6.92 Å². The second-order valence-corrected chi connectivity index (χ2v) is 5.65. The van der Waals surface area contributed by atoms with Gasteiger partial charge >= 0.3 is 0 Å². The monoisotopic (exact) mass is 310 g/mol. The lowest BCUT2D eigenvalue weighted by Crippen LogP contribution is -2.37. The van der Waals surface area contributed by atoms with Crippen LogP contribution in [0.15, 0.2) is 47.4 Å². The molecule has 3 rings (SSSR count). The number of amides is 2. The molecular weight excluding hydrogens is 292 g/mol. The number of benzene rings is 1. The molecule has 0 spiro atoms. The van der Waals surface area contributed by atoms with Gasteiger partial charge in [0.05, 0.1) is 6.54 Å². The fourth-order valence-electron chi connectivity index (χ4n) is 2.65. The minimum Gasteiger partial charge on any atom is -0.464 e. The van der Waals surface area contributed by atoms with Crippen LogP contribution in [0.2, 0.25) is 0 Å². The summed E-state index contributed by atoms with van der Waals surface area (Å²) in [5.41, 5.74) is 1.95. The van der Waals surface area contributed by atoms with Crippen LogP contribution in [0.25, 0.3) is 5.70 Å². The highest BCUT2D eigenvalue weighted by molar-refractivity contribution is 6.10. The van der Waals surface area contributed by atoms with E-state index in [4.69, 9.17) is 4.42 Å². The van der Waals surface area contributed by atoms with Crippen molar-refractivity contribution in [2.24, 2.45) is 0 Å². The van der Waals surface area contributed by atoms with Crippen molar-refractivity contribution in [1.29, 1.82) is 0 Å². The number of furan rings is 1. The predicted octanol–water partition coefficient (Wildman–Crippen LogP) is 2.67. The maximum absolute atomic E-state index is 12.4. The summed E-state index contributed by atoms with van der Waals surface area (Å²) in [6, 6.07) is 11.0. The number of likely N-dealkylation sites (N-methyl/N-ethyl adjacent to an activating group) is 1. The lowest BCUT2D eigenvalue weighted by atomic mass is 10.1. The van der Waals surface area contributed by atoms with Crippen molar-refractivity contribution in [3.8, 4) is 0 Å². The number of hydrogen-bond donors (Lipinski definition) is 0. The van der Waals surface area contributed by atoms with Gasteiger partial charge in [-0.25, -0.2) is 0 Å². The van der Waals surface area contributed by atoms with Crippen molar-refractivity contribution in [3.05, 3.63) is 65.6 Å². The van der Waals surface area contributed by atoms with Gasteiger partial charge in [0.15, 0.2) is 0 Å². The first-order valence-electron chi connectivity index (χ1n) is 7.37. The van der Waals surface area contributed by atoms with E-state index in [1.54, 1.807) is 24.1 Å². The van der Waals surface area contributed by atoms with E-state index in [2.05, 4.69) is 6.58 Å². The van der Waals surface area contributed by atoms with Crippen LogP contribution in [-0.2, 0) is 11.3 Å². The summed E-state index contributed by atoms with van der Waals surface area (Å²) in [7, 11) is 1.69. The van der Waals surface area contributed by atoms with Crippen molar-refractivity contribution < 1.29 is 14.0 Å². The number of carbonyl (C=O) groups is 2. The van der Waals surface area contributed by atoms with Gasteiger partial charge in [-0.05, 0) is 25.1 Å². The molecule has 0 N–H and O–H groups in total. The molecule has 2 amide bonds. The summed E-state index contributed by atoms with van der Waals surface area (Å²) in [6.45, 7) is 6.14. The van der Waals surface area contributed by atoms with E-state index in [0.29, 0.717) is 23.6 Å². The average molecular weight is 310 g/mol. The molecular formula is C18H18N2O3. The standard InChI is InChI=1S/C18H18N2O3/c1-12-8-9-14(23-12)10-19(3)17(21)11-20-13(2)15-6-4-5-7-16(15)18(20)22/h4-9H,2,10-11H2,1,3H3. The van der Waals surface area contributed by atoms with Crippen LogP contribution in [0.4, 0.5) is 0 Å². The number of aryl methyl sites for hydroxylation is 1. The minimum atomic E-state index is -0.179. The van der Waals surface area contributed by atoms with E-state index < -0.39 is 0 Å². The van der Waals surface area contributed by atoms with Crippen molar-refractivity contribution in [2.45, 2.75) is 13.5 Å². The van der Waals surface area contributed by atoms with E-state index >= 15 is 0 Å². The molecule has 1 aromatic heterocycles. The zero-order chi connectivity index (χ0) is 16.6. The summed E-state index contributed by atoms with van der Waals surface area (Å²) < 4.78 is 5.48. The second kappa shape index (κ2) is 5.76. The summed E-state index contributed by atoms with van der Waals surface area (Å²) in [4.78, 5) is 27.8. The largest absolute Gasteiger partial charge is 0.464 e. The predicted molar refractivity (Wildman–Crippen MR) is 86.4 cm³/mol. The minimum absolute atomic E-state index is 0.0253. The summed E-state index contributed by atoms with van der Waals surface area (Å²) in [5.74, 6) is 1.18. The molecule has 1 aliphatic heterocycles. The summed E-state index contributed by atoms with van der Waals surface area (Å²) in [5, 5.41) is 0. The van der Waals surface area contributed by atoms with Crippen LogP contribution >= 0.6 is 0 Å². The topological polar surface area (TPSA) is 53.8 Å². The molecule has 0 radical (unpaired) electrons. The lowest BCUT2D eigenvalue weighted by Gasteiger charge is -2.21. The number of rotatable bonds is 4. The summed E-state index contributed by atoms with van der Waals surface area (Å²) >= 11 is 0. The van der Waals surface area contributed by atoms with Crippen LogP contribution < -0.4 is 0 Å². The molecule has 0 unspecified atom stereocenters. The van der Waals surface area contributed by atoms with Gasteiger partial charge < -0.3 is 9.32 Å². The van der Waals surface area contributed by atoms with Crippen molar-refractivity contribution >= 4 is 17.5 Å². The molecule has 1 aliphatic rings. The van der Waals surface area contributed by atoms with Gasteiger partial charge in [-0.2, -0.15) is 0 Å². The number of carbonyl (C=O) groups excluding carboxylic acids is 2. The molecule has 0 atom stereocenters. The first kappa shape index (κ1) is 15.1. The molecule has 23 heavy (non-hydrogen) atoms. The smallest absolute Gasteiger partial charge is 0.259 e. The Labute approximate surface area is 134 Å². The zero-order valence-electron chi connectivity index (χ0n) is 13.2. The van der Waals surface area contributed by atoms with Gasteiger partial charge in [0.2, 0.25) is 5.91 Å². The van der Waals surface area contributed by atoms with Crippen molar-refractivity contribution in [3.63, 3.8) is 0 Å². The molecule has 2 heterocycles. The maximum atomic E-state index is 12.4.